The Morgan fingerprint density at radius 3 is 2.71 bits per heavy atom. The molecule has 0 spiro atoms. The highest BCUT2D eigenvalue weighted by atomic mass is 16.5. The molecule has 160 valence electrons. The monoisotopic (exact) mass is 394 g/mol. The first-order valence-corrected chi connectivity index (χ1v) is 10.5. The maximum Gasteiger partial charge on any atom is 0.194 e. The number of piperazine rings is 1. The molecular weight excluding hydrogens is 356 g/mol. The molecule has 0 amide bonds. The molecule has 1 saturated heterocycles. The van der Waals surface area contributed by atoms with Crippen LogP contribution in [0.1, 0.15) is 33.0 Å². The first-order valence-electron chi connectivity index (χ1n) is 10.5. The fourth-order valence-corrected chi connectivity index (χ4v) is 3.68. The largest absolute Gasteiger partial charge is 0.469 e. The van der Waals surface area contributed by atoms with Gasteiger partial charge in [0.25, 0.3) is 0 Å². The number of hydrogen-bond donors (Lipinski definition) is 1. The quantitative estimate of drug-likeness (QED) is 0.353. The molecule has 0 aromatic carbocycles. The molecule has 7 nitrogen and oxygen atoms in total. The molecule has 1 N–H and O–H groups in total. The van der Waals surface area contributed by atoms with Crippen LogP contribution in [0.15, 0.2) is 27.8 Å². The molecule has 1 fully saturated rings. The van der Waals surface area contributed by atoms with Crippen LogP contribution in [0.4, 0.5) is 0 Å². The third-order valence-electron chi connectivity index (χ3n) is 5.10. The van der Waals surface area contributed by atoms with E-state index in [-0.39, 0.29) is 0 Å². The molecule has 1 aliphatic heterocycles. The number of aliphatic imine (C=N–C) groups is 1. The molecule has 1 aromatic heterocycles. The van der Waals surface area contributed by atoms with Gasteiger partial charge < -0.3 is 24.1 Å². The van der Waals surface area contributed by atoms with E-state index in [0.29, 0.717) is 12.1 Å². The maximum atomic E-state index is 5.44. The van der Waals surface area contributed by atoms with Gasteiger partial charge in [-0.25, -0.2) is 0 Å². The smallest absolute Gasteiger partial charge is 0.194 e. The zero-order valence-corrected chi connectivity index (χ0v) is 18.0. The summed E-state index contributed by atoms with van der Waals surface area (Å²) >= 11 is 0. The first-order chi connectivity index (χ1) is 13.7. The van der Waals surface area contributed by atoms with Crippen molar-refractivity contribution in [3.8, 4) is 0 Å². The van der Waals surface area contributed by atoms with Crippen molar-refractivity contribution in [2.45, 2.75) is 45.7 Å². The van der Waals surface area contributed by atoms with Gasteiger partial charge in [0.1, 0.15) is 5.76 Å². The van der Waals surface area contributed by atoms with Gasteiger partial charge in [-0.1, -0.05) is 0 Å². The van der Waals surface area contributed by atoms with E-state index in [1.807, 2.05) is 19.1 Å². The summed E-state index contributed by atoms with van der Waals surface area (Å²) in [5.74, 6) is 1.99. The summed E-state index contributed by atoms with van der Waals surface area (Å²) in [5, 5.41) is 3.55. The second-order valence-corrected chi connectivity index (χ2v) is 7.35. The topological polar surface area (TPSA) is 62.5 Å². The van der Waals surface area contributed by atoms with Crippen molar-refractivity contribution in [3.63, 3.8) is 0 Å². The standard InChI is InChI=1S/C21H38N4O3/c1-5-27-13-7-10-22-21(23-11-9-20-8-6-14-28-20)24-16-18(2)25(12-15-26-4)19(3)17-24/h6,8,14,18-19H,5,7,9-13,15-17H2,1-4H3,(H,22,23). The molecule has 2 rings (SSSR count). The molecule has 7 heteroatoms. The zero-order chi connectivity index (χ0) is 20.2. The van der Waals surface area contributed by atoms with E-state index in [1.165, 1.54) is 0 Å². The zero-order valence-electron chi connectivity index (χ0n) is 18.0. The van der Waals surface area contributed by atoms with Crippen molar-refractivity contribution in [1.82, 2.24) is 15.1 Å². The Balaban J connectivity index is 1.93. The molecular formula is C21H38N4O3. The minimum Gasteiger partial charge on any atom is -0.469 e. The van der Waals surface area contributed by atoms with Gasteiger partial charge >= 0.3 is 0 Å². The summed E-state index contributed by atoms with van der Waals surface area (Å²) in [5.41, 5.74) is 0. The Hall–Kier alpha value is -1.57. The summed E-state index contributed by atoms with van der Waals surface area (Å²) in [6.45, 7) is 13.4. The van der Waals surface area contributed by atoms with Crippen LogP contribution in [-0.2, 0) is 15.9 Å². The molecule has 2 atom stereocenters. The van der Waals surface area contributed by atoms with E-state index in [4.69, 9.17) is 18.9 Å². The predicted octanol–water partition coefficient (Wildman–Crippen LogP) is 2.24. The van der Waals surface area contributed by atoms with Crippen LogP contribution in [0.25, 0.3) is 0 Å². The summed E-state index contributed by atoms with van der Waals surface area (Å²) in [6.07, 6.45) is 3.51. The highest BCUT2D eigenvalue weighted by Crippen LogP contribution is 2.15. The number of furan rings is 1. The van der Waals surface area contributed by atoms with E-state index in [2.05, 4.69) is 29.0 Å². The summed E-state index contributed by atoms with van der Waals surface area (Å²) < 4.78 is 16.2. The number of nitrogens with zero attached hydrogens (tertiary/aromatic N) is 3. The Morgan fingerprint density at radius 2 is 2.07 bits per heavy atom. The van der Waals surface area contributed by atoms with Crippen molar-refractivity contribution in [2.24, 2.45) is 4.99 Å². The van der Waals surface area contributed by atoms with Gasteiger partial charge in [-0.2, -0.15) is 0 Å². The van der Waals surface area contributed by atoms with Crippen molar-refractivity contribution < 1.29 is 13.9 Å². The van der Waals surface area contributed by atoms with Crippen molar-refractivity contribution in [2.75, 3.05) is 59.7 Å². The maximum absolute atomic E-state index is 5.44. The molecule has 0 aliphatic carbocycles. The number of nitrogens with one attached hydrogen (secondary N) is 1. The molecule has 2 heterocycles. The minimum atomic E-state index is 0.458. The predicted molar refractivity (Wildman–Crippen MR) is 113 cm³/mol. The summed E-state index contributed by atoms with van der Waals surface area (Å²) in [7, 11) is 1.77. The number of ether oxygens (including phenoxy) is 2. The van der Waals surface area contributed by atoms with E-state index >= 15 is 0 Å². The molecule has 0 radical (unpaired) electrons. The van der Waals surface area contributed by atoms with Crippen LogP contribution in [-0.4, -0.2) is 87.5 Å². The highest BCUT2D eigenvalue weighted by Gasteiger charge is 2.30. The SMILES string of the molecule is CCOCCCN=C(NCCc1ccco1)N1CC(C)N(CCOC)C(C)C1. The molecule has 0 bridgehead atoms. The Bertz CT molecular complexity index is 538. The highest BCUT2D eigenvalue weighted by molar-refractivity contribution is 5.80. The molecule has 0 saturated carbocycles. The summed E-state index contributed by atoms with van der Waals surface area (Å²) in [6, 6.07) is 4.86. The van der Waals surface area contributed by atoms with E-state index in [9.17, 15) is 0 Å². The molecule has 1 aromatic rings. The lowest BCUT2D eigenvalue weighted by atomic mass is 10.1. The van der Waals surface area contributed by atoms with Crippen LogP contribution in [0.5, 0.6) is 0 Å². The number of hydrogen-bond acceptors (Lipinski definition) is 5. The lowest BCUT2D eigenvalue weighted by molar-refractivity contribution is 0.0443. The Morgan fingerprint density at radius 1 is 1.29 bits per heavy atom. The van der Waals surface area contributed by atoms with Gasteiger partial charge in [0.05, 0.1) is 12.9 Å². The second kappa shape index (κ2) is 12.8. The third kappa shape index (κ3) is 7.45. The van der Waals surface area contributed by atoms with Crippen LogP contribution in [0.2, 0.25) is 0 Å². The fraction of sp³-hybridized carbons (Fsp3) is 0.762. The van der Waals surface area contributed by atoms with Gasteiger partial charge in [-0.15, -0.1) is 0 Å². The van der Waals surface area contributed by atoms with Crippen LogP contribution in [0, 0.1) is 0 Å². The van der Waals surface area contributed by atoms with Crippen LogP contribution in [0.3, 0.4) is 0 Å². The van der Waals surface area contributed by atoms with Gasteiger partial charge in [0, 0.05) is 71.6 Å². The number of rotatable bonds is 11. The van der Waals surface area contributed by atoms with Crippen LogP contribution >= 0.6 is 0 Å². The summed E-state index contributed by atoms with van der Waals surface area (Å²) in [4.78, 5) is 9.79. The average molecular weight is 395 g/mol. The van der Waals surface area contributed by atoms with Gasteiger partial charge in [0.2, 0.25) is 0 Å². The average Bonchev–Trinajstić information content (AvgIpc) is 3.19. The van der Waals surface area contributed by atoms with E-state index in [0.717, 1.165) is 77.1 Å². The fourth-order valence-electron chi connectivity index (χ4n) is 3.68. The number of guanidine groups is 1. The van der Waals surface area contributed by atoms with Gasteiger partial charge in [0.15, 0.2) is 5.96 Å². The molecule has 2 unspecified atom stereocenters. The van der Waals surface area contributed by atoms with Crippen molar-refractivity contribution in [3.05, 3.63) is 24.2 Å². The lowest BCUT2D eigenvalue weighted by Gasteiger charge is -2.45. The lowest BCUT2D eigenvalue weighted by Crippen LogP contribution is -2.60. The van der Waals surface area contributed by atoms with Gasteiger partial charge in [-0.3, -0.25) is 9.89 Å². The van der Waals surface area contributed by atoms with E-state index < -0.39 is 0 Å². The molecule has 28 heavy (non-hydrogen) atoms. The molecule has 1 aliphatic rings. The third-order valence-corrected chi connectivity index (χ3v) is 5.10. The minimum absolute atomic E-state index is 0.458. The first kappa shape index (κ1) is 22.7. The number of methoxy groups -OCH3 is 1. The van der Waals surface area contributed by atoms with Gasteiger partial charge in [-0.05, 0) is 39.3 Å². The van der Waals surface area contributed by atoms with Crippen LogP contribution < -0.4 is 5.32 Å². The normalized spacial score (nSPS) is 21.3. The Kier molecular flexibility index (Phi) is 10.4. The van der Waals surface area contributed by atoms with E-state index in [1.54, 1.807) is 13.4 Å². The van der Waals surface area contributed by atoms with Crippen molar-refractivity contribution >= 4 is 5.96 Å². The van der Waals surface area contributed by atoms with Crippen molar-refractivity contribution in [1.29, 1.82) is 0 Å². The Labute approximate surface area is 170 Å². The second-order valence-electron chi connectivity index (χ2n) is 7.35.